The second-order valence-electron chi connectivity index (χ2n) is 7.36. The van der Waals surface area contributed by atoms with E-state index in [0.717, 1.165) is 0 Å². The van der Waals surface area contributed by atoms with Crippen LogP contribution in [0, 0.1) is 6.92 Å². The van der Waals surface area contributed by atoms with Crippen molar-refractivity contribution in [2.75, 3.05) is 0 Å². The molecule has 0 saturated heterocycles. The summed E-state index contributed by atoms with van der Waals surface area (Å²) >= 11 is 2.11. The van der Waals surface area contributed by atoms with E-state index >= 15 is 0 Å². The van der Waals surface area contributed by atoms with Gasteiger partial charge in [-0.1, -0.05) is 0 Å². The summed E-state index contributed by atoms with van der Waals surface area (Å²) < 4.78 is 7.43. The number of hydrogen-bond donors (Lipinski definition) is 0. The number of aryl methyl sites for hydroxylation is 2. The van der Waals surface area contributed by atoms with Crippen molar-refractivity contribution in [3.8, 4) is 0 Å². The molecule has 0 radical (unpaired) electrons. The van der Waals surface area contributed by atoms with Gasteiger partial charge in [-0.05, 0) is 0 Å². The van der Waals surface area contributed by atoms with Crippen LogP contribution >= 0.6 is 22.7 Å². The van der Waals surface area contributed by atoms with Crippen LogP contribution in [-0.4, -0.2) is 22.9 Å². The van der Waals surface area contributed by atoms with E-state index in [2.05, 4.69) is 56.7 Å². The van der Waals surface area contributed by atoms with E-state index in [1.54, 1.807) is 7.59 Å². The number of nitrogens with zero attached hydrogens (tertiary/aromatic N) is 1. The van der Waals surface area contributed by atoms with Gasteiger partial charge in [0.15, 0.2) is 0 Å². The molecule has 0 aliphatic carbocycles. The Morgan fingerprint density at radius 1 is 0.955 bits per heavy atom. The Labute approximate surface area is 146 Å². The molecular formula is C18H27NS2Sn. The molecule has 0 aliphatic heterocycles. The van der Waals surface area contributed by atoms with Gasteiger partial charge in [-0.3, -0.25) is 0 Å². The van der Waals surface area contributed by atoms with E-state index < -0.39 is 18.4 Å². The molecule has 3 heterocycles. The number of unbranched alkanes of at least 4 members (excludes halogenated alkanes) is 3. The molecule has 3 aromatic heterocycles. The predicted molar refractivity (Wildman–Crippen MR) is 107 cm³/mol. The normalized spacial score (nSPS) is 12.8. The zero-order valence-corrected chi connectivity index (χ0v) is 18.9. The van der Waals surface area contributed by atoms with E-state index in [-0.39, 0.29) is 0 Å². The van der Waals surface area contributed by atoms with Crippen molar-refractivity contribution in [1.29, 1.82) is 0 Å². The summed E-state index contributed by atoms with van der Waals surface area (Å²) in [5.74, 6) is 0. The first-order valence-electron chi connectivity index (χ1n) is 8.44. The summed E-state index contributed by atoms with van der Waals surface area (Å²) in [5, 5.41) is 0. The van der Waals surface area contributed by atoms with E-state index in [1.807, 2.05) is 11.3 Å². The Balaban J connectivity index is 2.06. The monoisotopic (exact) mass is 441 g/mol. The van der Waals surface area contributed by atoms with Gasteiger partial charge < -0.3 is 0 Å². The topological polar surface area (TPSA) is 4.93 Å². The Hall–Kier alpha value is -0.00130. The van der Waals surface area contributed by atoms with Crippen molar-refractivity contribution in [3.63, 3.8) is 0 Å². The van der Waals surface area contributed by atoms with Crippen molar-refractivity contribution in [3.05, 3.63) is 17.0 Å². The number of rotatable bonds is 6. The minimum atomic E-state index is -1.97. The fraction of sp³-hybridized carbons (Fsp3) is 0.556. The third kappa shape index (κ3) is 3.13. The Kier molecular flexibility index (Phi) is 4.96. The Morgan fingerprint density at radius 3 is 2.32 bits per heavy atom. The van der Waals surface area contributed by atoms with E-state index in [4.69, 9.17) is 0 Å². The van der Waals surface area contributed by atoms with E-state index in [9.17, 15) is 0 Å². The molecule has 0 fully saturated rings. The molecule has 1 nitrogen and oxygen atoms in total. The first-order valence-corrected chi connectivity index (χ1v) is 20.1. The SMILES string of the molecule is CCCCCCn1c2cc(C)sc2c2s[c]([Sn]([CH3])([CH3])[CH3])cc21. The van der Waals surface area contributed by atoms with Gasteiger partial charge >= 0.3 is 147 Å². The molecule has 0 spiro atoms. The molecular weight excluding hydrogens is 413 g/mol. The van der Waals surface area contributed by atoms with Gasteiger partial charge in [-0.25, -0.2) is 0 Å². The quantitative estimate of drug-likeness (QED) is 0.311. The number of hydrogen-bond acceptors (Lipinski definition) is 2. The van der Waals surface area contributed by atoms with Crippen molar-refractivity contribution in [2.45, 2.75) is 60.9 Å². The second-order valence-corrected chi connectivity index (χ2v) is 25.1. The summed E-state index contributed by atoms with van der Waals surface area (Å²) in [7, 11) is 0. The summed E-state index contributed by atoms with van der Waals surface area (Å²) in [5.41, 5.74) is 3.00. The standard InChI is InChI=1S/C15H18NS2.3CH3.Sn/c1-3-4-5-6-8-16-12-7-9-17-14(12)15-13(16)10-11(2)18-15;;;;/h7,10H,3-6,8H2,1-2H3;3*1H3;. The number of aromatic nitrogens is 1. The van der Waals surface area contributed by atoms with Crippen LogP contribution in [0.25, 0.3) is 20.4 Å². The van der Waals surface area contributed by atoms with Gasteiger partial charge in [0.2, 0.25) is 0 Å². The summed E-state index contributed by atoms with van der Waals surface area (Å²) in [6.45, 7) is 5.72. The summed E-state index contributed by atoms with van der Waals surface area (Å²) in [6.07, 6.45) is 5.35. The van der Waals surface area contributed by atoms with Gasteiger partial charge in [0.05, 0.1) is 0 Å². The fourth-order valence-electron chi connectivity index (χ4n) is 3.05. The van der Waals surface area contributed by atoms with Crippen LogP contribution < -0.4 is 2.89 Å². The van der Waals surface area contributed by atoms with Crippen molar-refractivity contribution in [2.24, 2.45) is 0 Å². The fourth-order valence-corrected chi connectivity index (χ4v) is 10.5. The van der Waals surface area contributed by atoms with Crippen LogP contribution in [0.15, 0.2) is 12.1 Å². The molecule has 0 amide bonds. The molecule has 22 heavy (non-hydrogen) atoms. The third-order valence-corrected chi connectivity index (χ3v) is 16.1. The number of fused-ring (bicyclic) bond motifs is 3. The minimum absolute atomic E-state index is 1.19. The molecule has 0 aliphatic rings. The van der Waals surface area contributed by atoms with Gasteiger partial charge in [-0.2, -0.15) is 0 Å². The van der Waals surface area contributed by atoms with Crippen molar-refractivity contribution < 1.29 is 0 Å². The van der Waals surface area contributed by atoms with Crippen LogP contribution in [0.5, 0.6) is 0 Å². The van der Waals surface area contributed by atoms with Crippen LogP contribution in [0.3, 0.4) is 0 Å². The molecule has 3 rings (SSSR count). The molecule has 120 valence electrons. The zero-order chi connectivity index (χ0) is 15.9. The molecule has 0 unspecified atom stereocenters. The average molecular weight is 440 g/mol. The second kappa shape index (κ2) is 6.48. The third-order valence-electron chi connectivity index (χ3n) is 4.31. The predicted octanol–water partition coefficient (Wildman–Crippen LogP) is 6.35. The van der Waals surface area contributed by atoms with E-state index in [0.29, 0.717) is 0 Å². The first kappa shape index (κ1) is 16.8. The van der Waals surface area contributed by atoms with Gasteiger partial charge in [0.25, 0.3) is 0 Å². The van der Waals surface area contributed by atoms with Gasteiger partial charge in [-0.15, -0.1) is 0 Å². The first-order chi connectivity index (χ1) is 10.4. The van der Waals surface area contributed by atoms with Crippen LogP contribution in [-0.2, 0) is 6.54 Å². The Morgan fingerprint density at radius 2 is 1.64 bits per heavy atom. The molecule has 0 atom stereocenters. The Bertz CT molecular complexity index is 785. The maximum absolute atomic E-state index is 2.61. The summed E-state index contributed by atoms with van der Waals surface area (Å²) in [4.78, 5) is 9.04. The molecule has 3 aromatic rings. The molecule has 4 heteroatoms. The van der Waals surface area contributed by atoms with Crippen molar-refractivity contribution >= 4 is 64.4 Å². The molecule has 0 aromatic carbocycles. The van der Waals surface area contributed by atoms with Crippen molar-refractivity contribution in [1.82, 2.24) is 4.57 Å². The van der Waals surface area contributed by atoms with Crippen LogP contribution in [0.2, 0.25) is 14.8 Å². The van der Waals surface area contributed by atoms with Crippen LogP contribution in [0.1, 0.15) is 37.5 Å². The number of thiophene rings is 2. The van der Waals surface area contributed by atoms with Crippen LogP contribution in [0.4, 0.5) is 0 Å². The van der Waals surface area contributed by atoms with E-state index in [1.165, 1.54) is 52.8 Å². The summed E-state index contributed by atoms with van der Waals surface area (Å²) in [6, 6.07) is 4.94. The zero-order valence-electron chi connectivity index (χ0n) is 14.5. The maximum atomic E-state index is 2.61. The molecule has 0 bridgehead atoms. The molecule has 0 saturated carbocycles. The van der Waals surface area contributed by atoms with Gasteiger partial charge in [0, 0.05) is 0 Å². The van der Waals surface area contributed by atoms with Gasteiger partial charge in [0.1, 0.15) is 0 Å². The average Bonchev–Trinajstić information content (AvgIpc) is 3.06. The molecule has 0 N–H and O–H groups in total.